The fourth-order valence-electron chi connectivity index (χ4n) is 1.10. The first-order chi connectivity index (χ1) is 6.70. The molecule has 0 spiro atoms. The van der Waals surface area contributed by atoms with Gasteiger partial charge in [-0.25, -0.2) is 0 Å². The van der Waals surface area contributed by atoms with Crippen molar-refractivity contribution in [1.29, 1.82) is 0 Å². The van der Waals surface area contributed by atoms with E-state index in [0.717, 1.165) is 0 Å². The van der Waals surface area contributed by atoms with Gasteiger partial charge in [-0.2, -0.15) is 0 Å². The van der Waals surface area contributed by atoms with Gasteiger partial charge in [0, 0.05) is 0 Å². The molecule has 0 amide bonds. The Hall–Kier alpha value is -0.331. The molecule has 1 nitrogen and oxygen atoms in total. The number of hydrogen-bond acceptors (Lipinski definition) is 1. The normalized spacial score (nSPS) is 8.86. The Morgan fingerprint density at radius 3 is 2.14 bits per heavy atom. The van der Waals surface area contributed by atoms with Crippen LogP contribution in [0.5, 0.6) is 0 Å². The summed E-state index contributed by atoms with van der Waals surface area (Å²) in [7, 11) is 16.5. The van der Waals surface area contributed by atoms with Crippen LogP contribution < -0.4 is 22.2 Å². The van der Waals surface area contributed by atoms with Gasteiger partial charge in [0.25, 0.3) is 0 Å². The van der Waals surface area contributed by atoms with E-state index in [2.05, 4.69) is 6.47 Å². The standard InChI is InChI=1S/C5H2B8O/c1-9-13-11-3-2(10-12-8)4(6)14-5(3)7/h1H2. The summed E-state index contributed by atoms with van der Waals surface area (Å²) in [5.74, 6) is 0. The number of rotatable bonds is 3. The first kappa shape index (κ1) is 11.7. The van der Waals surface area contributed by atoms with Crippen LogP contribution >= 0.6 is 0 Å². The monoisotopic (exact) mass is 166 g/mol. The molecule has 0 aliphatic carbocycles. The van der Waals surface area contributed by atoms with Crippen molar-refractivity contribution < 1.29 is 4.42 Å². The topological polar surface area (TPSA) is 13.1 Å². The zero-order valence-electron chi connectivity index (χ0n) is 7.73. The molecule has 0 fully saturated rings. The van der Waals surface area contributed by atoms with Crippen molar-refractivity contribution in [2.75, 3.05) is 0 Å². The van der Waals surface area contributed by atoms with Gasteiger partial charge in [0.05, 0.1) is 0 Å². The molecule has 1 heterocycles. The molecule has 14 heavy (non-hydrogen) atoms. The van der Waals surface area contributed by atoms with Gasteiger partial charge in [-0.3, -0.25) is 0 Å². The van der Waals surface area contributed by atoms with E-state index in [0.29, 0.717) is 10.9 Å². The molecule has 9 heteroatoms. The maximum atomic E-state index is 5.61. The van der Waals surface area contributed by atoms with Crippen molar-refractivity contribution in [2.45, 2.75) is 0 Å². The predicted molar refractivity (Wildman–Crippen MR) is 70.4 cm³/mol. The average Bonchev–Trinajstić information content (AvgIpc) is 2.40. The molecular formula is C5H2B8O. The van der Waals surface area contributed by atoms with Gasteiger partial charge in [0.1, 0.15) is 0 Å². The zero-order valence-corrected chi connectivity index (χ0v) is 7.73. The first-order valence-electron chi connectivity index (χ1n) is 4.05. The molecule has 52 valence electrons. The molecule has 0 aliphatic rings. The van der Waals surface area contributed by atoms with Crippen molar-refractivity contribution >= 4 is 85.9 Å². The second-order valence-corrected chi connectivity index (χ2v) is 2.61. The summed E-state index contributed by atoms with van der Waals surface area (Å²) >= 11 is 0. The summed E-state index contributed by atoms with van der Waals surface area (Å²) in [5, 5.41) is 0. The van der Waals surface area contributed by atoms with Gasteiger partial charge in [0.2, 0.25) is 0 Å². The Morgan fingerprint density at radius 1 is 1.07 bits per heavy atom. The SMILES string of the molecule is [B]B=Bc1c([B])oc([B])c1B=BB=C. The molecule has 0 saturated heterocycles. The van der Waals surface area contributed by atoms with Crippen LogP contribution in [0.3, 0.4) is 0 Å². The third kappa shape index (κ3) is 2.58. The van der Waals surface area contributed by atoms with E-state index < -0.39 is 0 Å². The van der Waals surface area contributed by atoms with E-state index >= 15 is 0 Å². The van der Waals surface area contributed by atoms with Crippen LogP contribution in [0, 0.1) is 0 Å². The fourth-order valence-corrected chi connectivity index (χ4v) is 1.10. The molecule has 0 bridgehead atoms. The summed E-state index contributed by atoms with van der Waals surface area (Å²) < 4.78 is 5.06. The molecule has 0 unspecified atom stereocenters. The Labute approximate surface area is 90.7 Å². The van der Waals surface area contributed by atoms with Gasteiger partial charge in [0.15, 0.2) is 0 Å². The van der Waals surface area contributed by atoms with Gasteiger partial charge >= 0.3 is 90.4 Å². The van der Waals surface area contributed by atoms with Crippen LogP contribution in [0.15, 0.2) is 4.42 Å². The van der Waals surface area contributed by atoms with E-state index in [9.17, 15) is 0 Å². The van der Waals surface area contributed by atoms with Crippen molar-refractivity contribution in [3.05, 3.63) is 0 Å². The van der Waals surface area contributed by atoms with Crippen LogP contribution in [0.4, 0.5) is 0 Å². The van der Waals surface area contributed by atoms with Crippen molar-refractivity contribution in [3.8, 4) is 0 Å². The van der Waals surface area contributed by atoms with E-state index in [4.69, 9.17) is 27.8 Å². The molecule has 0 aliphatic heterocycles. The van der Waals surface area contributed by atoms with Crippen molar-refractivity contribution in [1.82, 2.24) is 0 Å². The molecule has 0 aromatic carbocycles. The summed E-state index contributed by atoms with van der Waals surface area (Å²) in [6.07, 6.45) is 0. The van der Waals surface area contributed by atoms with Crippen LogP contribution in [-0.4, -0.2) is 63.7 Å². The van der Waals surface area contributed by atoms with E-state index in [-0.39, 0.29) is 11.3 Å². The molecule has 1 aromatic rings. The molecular weight excluding hydrogens is 163 g/mol. The van der Waals surface area contributed by atoms with Crippen LogP contribution in [0.2, 0.25) is 0 Å². The minimum absolute atomic E-state index is 0.257. The summed E-state index contributed by atoms with van der Waals surface area (Å²) in [5.41, 5.74) is 1.92. The third-order valence-electron chi connectivity index (χ3n) is 1.70. The average molecular weight is 165 g/mol. The van der Waals surface area contributed by atoms with Crippen LogP contribution in [0.25, 0.3) is 0 Å². The van der Waals surface area contributed by atoms with E-state index in [1.54, 1.807) is 27.1 Å². The van der Waals surface area contributed by atoms with Gasteiger partial charge in [-0.05, 0) is 0 Å². The van der Waals surface area contributed by atoms with Gasteiger partial charge < -0.3 is 0 Å². The number of furan rings is 1. The second kappa shape index (κ2) is 5.53. The van der Waals surface area contributed by atoms with Crippen LogP contribution in [0.1, 0.15) is 0 Å². The Morgan fingerprint density at radius 2 is 1.64 bits per heavy atom. The molecule has 1 aromatic heterocycles. The summed E-state index contributed by atoms with van der Waals surface area (Å²) in [6, 6.07) is 0. The zero-order chi connectivity index (χ0) is 10.6. The van der Waals surface area contributed by atoms with Crippen LogP contribution in [-0.2, 0) is 0 Å². The van der Waals surface area contributed by atoms with Crippen molar-refractivity contribution in [2.24, 2.45) is 0 Å². The predicted octanol–water partition coefficient (Wildman–Crippen LogP) is -5.10. The summed E-state index contributed by atoms with van der Waals surface area (Å²) in [6.45, 7) is 11.7. The van der Waals surface area contributed by atoms with Gasteiger partial charge in [-0.1, -0.05) is 0 Å². The van der Waals surface area contributed by atoms with E-state index in [1.165, 1.54) is 6.69 Å². The second-order valence-electron chi connectivity index (χ2n) is 2.61. The first-order valence-corrected chi connectivity index (χ1v) is 4.05. The molecule has 6 radical (unpaired) electrons. The van der Waals surface area contributed by atoms with Gasteiger partial charge in [-0.15, -0.1) is 0 Å². The minimum atomic E-state index is 0.257. The molecule has 1 rings (SSSR count). The maximum absolute atomic E-state index is 5.61. The molecule has 0 atom stereocenters. The quantitative estimate of drug-likeness (QED) is 0.408. The molecule has 0 N–H and O–H groups in total. The Kier molecular flexibility index (Phi) is 4.64. The number of hydrogen-bond donors (Lipinski definition) is 0. The molecule has 0 saturated carbocycles. The Balaban J connectivity index is 3.24. The van der Waals surface area contributed by atoms with Crippen molar-refractivity contribution in [3.63, 3.8) is 0 Å². The van der Waals surface area contributed by atoms with E-state index in [1.807, 2.05) is 0 Å². The summed E-state index contributed by atoms with van der Waals surface area (Å²) in [4.78, 5) is 0. The Bertz CT molecular complexity index is 391. The third-order valence-corrected chi connectivity index (χ3v) is 1.70. The fraction of sp³-hybridized carbons (Fsp3) is 0.